The van der Waals surface area contributed by atoms with Crippen molar-refractivity contribution < 1.29 is 8.42 Å². The summed E-state index contributed by atoms with van der Waals surface area (Å²) >= 11 is 2.30. The van der Waals surface area contributed by atoms with Gasteiger partial charge >= 0.3 is 0 Å². The molecule has 146 valence electrons. The largest absolute Gasteiger partial charge is 0.356 e. The number of hydrogen-bond donors (Lipinski definition) is 1. The van der Waals surface area contributed by atoms with Crippen LogP contribution >= 0.6 is 22.6 Å². The van der Waals surface area contributed by atoms with Crippen molar-refractivity contribution in [1.29, 1.82) is 0 Å². The number of aromatic nitrogens is 3. The molecule has 0 radical (unpaired) electrons. The van der Waals surface area contributed by atoms with E-state index in [9.17, 15) is 8.42 Å². The predicted octanol–water partition coefficient (Wildman–Crippen LogP) is 2.22. The maximum atomic E-state index is 11.5. The number of benzene rings is 1. The zero-order valence-electron chi connectivity index (χ0n) is 15.5. The Bertz CT molecular complexity index is 1180. The Morgan fingerprint density at radius 2 is 1.93 bits per heavy atom. The lowest BCUT2D eigenvalue weighted by molar-refractivity contribution is 0.576. The van der Waals surface area contributed by atoms with Gasteiger partial charge in [-0.1, -0.05) is 12.1 Å². The topological polar surface area (TPSA) is 80.1 Å². The number of aryl methyl sites for hydroxylation is 1. The Morgan fingerprint density at radius 3 is 2.61 bits per heavy atom. The van der Waals surface area contributed by atoms with Gasteiger partial charge in [-0.2, -0.15) is 0 Å². The lowest BCUT2D eigenvalue weighted by Gasteiger charge is -2.22. The summed E-state index contributed by atoms with van der Waals surface area (Å²) in [5.41, 5.74) is 3.14. The molecule has 0 amide bonds. The normalized spacial score (nSPS) is 24.0. The molecule has 7 nitrogen and oxygen atoms in total. The summed E-state index contributed by atoms with van der Waals surface area (Å²) in [5, 5.41) is 0. The number of nitrogens with zero attached hydrogens (tertiary/aromatic N) is 4. The first-order valence-electron chi connectivity index (χ1n) is 9.11. The van der Waals surface area contributed by atoms with Crippen LogP contribution < -0.4 is 9.62 Å². The molecule has 3 aromatic rings. The Labute approximate surface area is 177 Å². The summed E-state index contributed by atoms with van der Waals surface area (Å²) in [7, 11) is -1.11. The highest BCUT2D eigenvalue weighted by molar-refractivity contribution is 14.1. The van der Waals surface area contributed by atoms with Crippen molar-refractivity contribution in [3.05, 3.63) is 40.1 Å². The Morgan fingerprint density at radius 1 is 1.21 bits per heavy atom. The van der Waals surface area contributed by atoms with Crippen molar-refractivity contribution >= 4 is 49.5 Å². The molecule has 1 aliphatic heterocycles. The fraction of sp³-hybridized carbons (Fsp3) is 0.368. The number of para-hydroxylation sites is 2. The van der Waals surface area contributed by atoms with Crippen LogP contribution in [0.1, 0.15) is 0 Å². The van der Waals surface area contributed by atoms with Crippen LogP contribution in [-0.2, 0) is 17.1 Å². The molecule has 5 rings (SSSR count). The summed E-state index contributed by atoms with van der Waals surface area (Å²) in [6.07, 6.45) is 3.11. The molecular formula is C19H20IN5O2S. The van der Waals surface area contributed by atoms with Gasteiger partial charge in [-0.25, -0.2) is 23.1 Å². The van der Waals surface area contributed by atoms with E-state index in [2.05, 4.69) is 53.9 Å². The number of sulfonamides is 1. The molecular weight excluding hydrogens is 489 g/mol. The fourth-order valence-corrected chi connectivity index (χ4v) is 5.67. The quantitative estimate of drug-likeness (QED) is 0.546. The van der Waals surface area contributed by atoms with E-state index in [4.69, 9.17) is 4.98 Å². The van der Waals surface area contributed by atoms with Crippen LogP contribution in [0.2, 0.25) is 0 Å². The zero-order chi connectivity index (χ0) is 19.6. The van der Waals surface area contributed by atoms with Gasteiger partial charge in [0.05, 0.1) is 17.3 Å². The number of hydrogen-bond acceptors (Lipinski definition) is 5. The highest BCUT2D eigenvalue weighted by atomic mass is 127. The minimum atomic E-state index is -3.15. The third-order valence-electron chi connectivity index (χ3n) is 5.74. The number of pyridine rings is 1. The Balaban J connectivity index is 1.43. The molecule has 1 saturated heterocycles. The van der Waals surface area contributed by atoms with E-state index in [1.807, 2.05) is 31.4 Å². The van der Waals surface area contributed by atoms with E-state index in [1.54, 1.807) is 0 Å². The Hall–Kier alpha value is -1.72. The maximum absolute atomic E-state index is 11.5. The molecule has 1 N–H and O–H groups in total. The molecule has 3 heterocycles. The smallest absolute Gasteiger partial charge is 0.208 e. The first kappa shape index (κ1) is 18.3. The number of anilines is 1. The average molecular weight is 509 g/mol. The molecule has 9 heteroatoms. The second-order valence-electron chi connectivity index (χ2n) is 7.65. The number of piperidine rings is 1. The molecule has 2 fully saturated rings. The standard InChI is InChI=1S/C19H20IN5O2S/c1-24-16-6-4-3-5-15(16)22-19(24)11-7-17(21-8-14(11)20)25-9-12-13(10-25)18(12)23-28(2,26)27/h3-8,12-13,18,23H,9-10H2,1-2H3/t12-,13+,18+. The molecule has 28 heavy (non-hydrogen) atoms. The van der Waals surface area contributed by atoms with Gasteiger partial charge in [-0.15, -0.1) is 0 Å². The van der Waals surface area contributed by atoms with E-state index in [1.165, 1.54) is 6.26 Å². The van der Waals surface area contributed by atoms with Crippen molar-refractivity contribution in [2.24, 2.45) is 18.9 Å². The summed E-state index contributed by atoms with van der Waals surface area (Å²) in [6.45, 7) is 1.65. The summed E-state index contributed by atoms with van der Waals surface area (Å²) in [4.78, 5) is 11.7. The van der Waals surface area contributed by atoms with E-state index < -0.39 is 10.0 Å². The number of nitrogens with one attached hydrogen (secondary N) is 1. The third kappa shape index (κ3) is 3.09. The van der Waals surface area contributed by atoms with Gasteiger partial charge in [0, 0.05) is 41.5 Å². The molecule has 1 saturated carbocycles. The minimum absolute atomic E-state index is 0.0782. The summed E-state index contributed by atoms with van der Waals surface area (Å²) in [6, 6.07) is 10.3. The van der Waals surface area contributed by atoms with Crippen LogP contribution in [0.25, 0.3) is 22.4 Å². The van der Waals surface area contributed by atoms with Gasteiger partial charge in [0.15, 0.2) is 0 Å². The van der Waals surface area contributed by atoms with Crippen LogP contribution in [0.15, 0.2) is 36.5 Å². The van der Waals surface area contributed by atoms with Crippen molar-refractivity contribution in [2.75, 3.05) is 24.2 Å². The molecule has 0 unspecified atom stereocenters. The second-order valence-corrected chi connectivity index (χ2v) is 10.6. The summed E-state index contributed by atoms with van der Waals surface area (Å²) in [5.74, 6) is 2.59. The van der Waals surface area contributed by atoms with Crippen molar-refractivity contribution in [3.8, 4) is 11.4 Å². The van der Waals surface area contributed by atoms with E-state index in [0.29, 0.717) is 11.8 Å². The van der Waals surface area contributed by atoms with Gasteiger partial charge in [-0.3, -0.25) is 0 Å². The Kier molecular flexibility index (Phi) is 4.18. The van der Waals surface area contributed by atoms with Crippen molar-refractivity contribution in [2.45, 2.75) is 6.04 Å². The van der Waals surface area contributed by atoms with E-state index >= 15 is 0 Å². The highest BCUT2D eigenvalue weighted by Gasteiger charge is 2.57. The average Bonchev–Trinajstić information content (AvgIpc) is 2.99. The first-order valence-corrected chi connectivity index (χ1v) is 12.1. The first-order chi connectivity index (χ1) is 13.3. The van der Waals surface area contributed by atoms with Gasteiger partial charge < -0.3 is 9.47 Å². The highest BCUT2D eigenvalue weighted by Crippen LogP contribution is 2.47. The monoisotopic (exact) mass is 509 g/mol. The number of fused-ring (bicyclic) bond motifs is 2. The second kappa shape index (κ2) is 6.39. The molecule has 2 aliphatic rings. The van der Waals surface area contributed by atoms with Gasteiger partial charge in [-0.05, 0) is 52.6 Å². The third-order valence-corrected chi connectivity index (χ3v) is 7.30. The molecule has 0 bridgehead atoms. The molecule has 1 aliphatic carbocycles. The fourth-order valence-electron chi connectivity index (χ4n) is 4.29. The number of rotatable bonds is 4. The number of halogens is 1. The van der Waals surface area contributed by atoms with Crippen LogP contribution in [-0.4, -0.2) is 48.3 Å². The van der Waals surface area contributed by atoms with Crippen LogP contribution in [0.5, 0.6) is 0 Å². The lowest BCUT2D eigenvalue weighted by Crippen LogP contribution is -2.34. The molecule has 2 aromatic heterocycles. The van der Waals surface area contributed by atoms with Crippen molar-refractivity contribution in [3.63, 3.8) is 0 Å². The van der Waals surface area contributed by atoms with Gasteiger partial charge in [0.1, 0.15) is 11.6 Å². The molecule has 0 spiro atoms. The maximum Gasteiger partial charge on any atom is 0.208 e. The molecule has 1 aromatic carbocycles. The minimum Gasteiger partial charge on any atom is -0.356 e. The SMILES string of the molecule is Cn1c(-c2cc(N3C[C@@H]4[C@H](C3)[C@H]4NS(C)(=O)=O)ncc2I)nc2ccccc21. The van der Waals surface area contributed by atoms with Gasteiger partial charge in [0.25, 0.3) is 0 Å². The predicted molar refractivity (Wildman–Crippen MR) is 118 cm³/mol. The van der Waals surface area contributed by atoms with Gasteiger partial charge in [0.2, 0.25) is 10.0 Å². The lowest BCUT2D eigenvalue weighted by atomic mass is 10.2. The van der Waals surface area contributed by atoms with Crippen LogP contribution in [0.3, 0.4) is 0 Å². The zero-order valence-corrected chi connectivity index (χ0v) is 18.5. The van der Waals surface area contributed by atoms with Crippen LogP contribution in [0, 0.1) is 15.4 Å². The molecule has 3 atom stereocenters. The number of imidazole rings is 1. The summed E-state index contributed by atoms with van der Waals surface area (Å²) < 4.78 is 28.8. The van der Waals surface area contributed by atoms with Crippen LogP contribution in [0.4, 0.5) is 5.82 Å². The van der Waals surface area contributed by atoms with Crippen molar-refractivity contribution in [1.82, 2.24) is 19.3 Å². The van der Waals surface area contributed by atoms with E-state index in [0.717, 1.165) is 44.9 Å². The van der Waals surface area contributed by atoms with E-state index in [-0.39, 0.29) is 6.04 Å².